The molecule has 1 atom stereocenters. The molecule has 0 spiro atoms. The van der Waals surface area contributed by atoms with Crippen LogP contribution < -0.4 is 11.1 Å². The molecular weight excluding hydrogens is 430 g/mol. The molecule has 1 unspecified atom stereocenters. The van der Waals surface area contributed by atoms with E-state index in [1.54, 1.807) is 11.7 Å². The van der Waals surface area contributed by atoms with Crippen LogP contribution in [-0.2, 0) is 13.7 Å². The lowest BCUT2D eigenvalue weighted by Gasteiger charge is -2.19. The van der Waals surface area contributed by atoms with Gasteiger partial charge >= 0.3 is 0 Å². The molecule has 8 nitrogen and oxygen atoms in total. The second-order valence-corrected chi connectivity index (χ2v) is 7.80. The SMILES string of the molecule is Cc1cn(C)nc1C(C)Nc1c(C(N)=O)cnc2cc(F)c(-c3ccc(CO)nc3F)cc12. The van der Waals surface area contributed by atoms with E-state index in [1.807, 2.05) is 20.0 Å². The molecule has 1 aromatic carbocycles. The molecule has 10 heteroatoms. The molecule has 0 radical (unpaired) electrons. The van der Waals surface area contributed by atoms with E-state index >= 15 is 0 Å². The number of hydrogen-bond donors (Lipinski definition) is 3. The molecule has 170 valence electrons. The van der Waals surface area contributed by atoms with Crippen molar-refractivity contribution < 1.29 is 18.7 Å². The Morgan fingerprint density at radius 3 is 2.64 bits per heavy atom. The molecule has 0 aliphatic rings. The van der Waals surface area contributed by atoms with E-state index in [9.17, 15) is 13.6 Å². The Hall–Kier alpha value is -3.92. The lowest BCUT2D eigenvalue weighted by atomic mass is 10.00. The number of rotatable bonds is 6. The fourth-order valence-corrected chi connectivity index (χ4v) is 3.86. The molecule has 0 saturated heterocycles. The van der Waals surface area contributed by atoms with Gasteiger partial charge in [-0.15, -0.1) is 0 Å². The first-order valence-electron chi connectivity index (χ1n) is 10.1. The summed E-state index contributed by atoms with van der Waals surface area (Å²) in [5.74, 6) is -2.35. The van der Waals surface area contributed by atoms with Gasteiger partial charge in [0.15, 0.2) is 0 Å². The Balaban J connectivity index is 1.90. The van der Waals surface area contributed by atoms with E-state index in [0.717, 1.165) is 17.3 Å². The van der Waals surface area contributed by atoms with E-state index in [-0.39, 0.29) is 33.9 Å². The molecule has 33 heavy (non-hydrogen) atoms. The second kappa shape index (κ2) is 8.55. The molecule has 0 saturated carbocycles. The minimum atomic E-state index is -0.925. The van der Waals surface area contributed by atoms with Crippen molar-refractivity contribution in [1.82, 2.24) is 19.7 Å². The maximum absolute atomic E-state index is 14.9. The van der Waals surface area contributed by atoms with Crippen molar-refractivity contribution in [2.24, 2.45) is 12.8 Å². The minimum Gasteiger partial charge on any atom is -0.390 e. The van der Waals surface area contributed by atoms with Crippen LogP contribution in [0.15, 0.2) is 36.7 Å². The lowest BCUT2D eigenvalue weighted by molar-refractivity contribution is 0.100. The van der Waals surface area contributed by atoms with Crippen LogP contribution in [0.4, 0.5) is 14.5 Å². The summed E-state index contributed by atoms with van der Waals surface area (Å²) < 4.78 is 31.2. The van der Waals surface area contributed by atoms with Gasteiger partial charge in [0.2, 0.25) is 5.95 Å². The summed E-state index contributed by atoms with van der Waals surface area (Å²) in [6.07, 6.45) is 3.15. The van der Waals surface area contributed by atoms with Crippen molar-refractivity contribution in [3.8, 4) is 11.1 Å². The summed E-state index contributed by atoms with van der Waals surface area (Å²) in [5.41, 5.74) is 7.96. The van der Waals surface area contributed by atoms with Crippen LogP contribution in [0.25, 0.3) is 22.0 Å². The standard InChI is InChI=1S/C23H22F2N6O2/c1-11-9-31(3)30-20(11)12(2)28-21-16-6-15(14-5-4-13(10-32)29-22(14)25)18(24)7-19(16)27-8-17(21)23(26)33/h4-9,12,32H,10H2,1-3H3,(H2,26,33)(H,27,28). The fraction of sp³-hybridized carbons (Fsp3) is 0.217. The zero-order valence-corrected chi connectivity index (χ0v) is 18.2. The minimum absolute atomic E-state index is 0.0647. The molecule has 4 N–H and O–H groups in total. The molecular formula is C23H22F2N6O2. The van der Waals surface area contributed by atoms with Gasteiger partial charge in [-0.25, -0.2) is 9.37 Å². The average molecular weight is 452 g/mol. The fourth-order valence-electron chi connectivity index (χ4n) is 3.86. The largest absolute Gasteiger partial charge is 0.390 e. The first-order valence-corrected chi connectivity index (χ1v) is 10.1. The van der Waals surface area contributed by atoms with Crippen molar-refractivity contribution in [2.45, 2.75) is 26.5 Å². The molecule has 0 aliphatic heterocycles. The maximum Gasteiger partial charge on any atom is 0.252 e. The van der Waals surface area contributed by atoms with Crippen LogP contribution in [0.5, 0.6) is 0 Å². The molecule has 3 heterocycles. The van der Waals surface area contributed by atoms with Crippen LogP contribution >= 0.6 is 0 Å². The van der Waals surface area contributed by atoms with Crippen molar-refractivity contribution in [2.75, 3.05) is 5.32 Å². The summed E-state index contributed by atoms with van der Waals surface area (Å²) >= 11 is 0. The summed E-state index contributed by atoms with van der Waals surface area (Å²) in [4.78, 5) is 20.0. The van der Waals surface area contributed by atoms with Crippen molar-refractivity contribution in [3.63, 3.8) is 0 Å². The Kier molecular flexibility index (Phi) is 5.77. The van der Waals surface area contributed by atoms with Gasteiger partial charge in [0.05, 0.1) is 40.8 Å². The third kappa shape index (κ3) is 4.12. The van der Waals surface area contributed by atoms with Crippen LogP contribution in [-0.4, -0.2) is 30.8 Å². The Bertz CT molecular complexity index is 1390. The van der Waals surface area contributed by atoms with Gasteiger partial charge < -0.3 is 16.2 Å². The number of amides is 1. The van der Waals surface area contributed by atoms with Gasteiger partial charge in [-0.05, 0) is 37.6 Å². The van der Waals surface area contributed by atoms with E-state index in [4.69, 9.17) is 10.8 Å². The zero-order chi connectivity index (χ0) is 23.9. The molecule has 3 aromatic heterocycles. The average Bonchev–Trinajstić information content (AvgIpc) is 3.11. The van der Waals surface area contributed by atoms with Gasteiger partial charge in [0, 0.05) is 42.0 Å². The number of aryl methyl sites for hydroxylation is 2. The number of anilines is 1. The van der Waals surface area contributed by atoms with Crippen LogP contribution in [0, 0.1) is 18.7 Å². The van der Waals surface area contributed by atoms with E-state index in [2.05, 4.69) is 20.4 Å². The van der Waals surface area contributed by atoms with Crippen molar-refractivity contribution >= 4 is 22.5 Å². The Morgan fingerprint density at radius 1 is 1.27 bits per heavy atom. The quantitative estimate of drug-likeness (QED) is 0.386. The summed E-state index contributed by atoms with van der Waals surface area (Å²) in [6, 6.07) is 4.99. The van der Waals surface area contributed by atoms with Crippen LogP contribution in [0.2, 0.25) is 0 Å². The smallest absolute Gasteiger partial charge is 0.252 e. The molecule has 0 aliphatic carbocycles. The van der Waals surface area contributed by atoms with E-state index in [0.29, 0.717) is 11.1 Å². The monoisotopic (exact) mass is 452 g/mol. The highest BCUT2D eigenvalue weighted by atomic mass is 19.1. The number of primary amides is 1. The zero-order valence-electron chi connectivity index (χ0n) is 18.2. The highest BCUT2D eigenvalue weighted by Gasteiger charge is 2.21. The second-order valence-electron chi connectivity index (χ2n) is 7.80. The van der Waals surface area contributed by atoms with Gasteiger partial charge in [0.25, 0.3) is 5.91 Å². The number of benzene rings is 1. The predicted molar refractivity (Wildman–Crippen MR) is 119 cm³/mol. The topological polar surface area (TPSA) is 119 Å². The predicted octanol–water partition coefficient (Wildman–Crippen LogP) is 3.38. The number of hydrogen-bond acceptors (Lipinski definition) is 6. The normalized spacial score (nSPS) is 12.2. The number of carbonyl (C=O) groups is 1. The number of halogens is 2. The lowest BCUT2D eigenvalue weighted by Crippen LogP contribution is -2.17. The number of nitrogens with zero attached hydrogens (tertiary/aromatic N) is 4. The highest BCUT2D eigenvalue weighted by Crippen LogP contribution is 2.35. The summed E-state index contributed by atoms with van der Waals surface area (Å²) in [5, 5.41) is 17.3. The number of pyridine rings is 2. The van der Waals surface area contributed by atoms with Gasteiger partial charge in [-0.2, -0.15) is 9.49 Å². The molecule has 4 rings (SSSR count). The van der Waals surface area contributed by atoms with E-state index < -0.39 is 24.3 Å². The molecule has 0 fully saturated rings. The molecule has 0 bridgehead atoms. The first-order chi connectivity index (χ1) is 15.7. The number of nitrogens with two attached hydrogens (primary N) is 1. The van der Waals surface area contributed by atoms with Gasteiger partial charge in [-0.1, -0.05) is 0 Å². The molecule has 1 amide bonds. The van der Waals surface area contributed by atoms with Gasteiger partial charge in [-0.3, -0.25) is 14.5 Å². The summed E-state index contributed by atoms with van der Waals surface area (Å²) in [6.45, 7) is 3.34. The third-order valence-corrected chi connectivity index (χ3v) is 5.40. The number of aromatic nitrogens is 4. The number of fused-ring (bicyclic) bond motifs is 1. The van der Waals surface area contributed by atoms with Crippen molar-refractivity contribution in [1.29, 1.82) is 0 Å². The maximum atomic E-state index is 14.9. The number of nitrogens with one attached hydrogen (secondary N) is 1. The highest BCUT2D eigenvalue weighted by molar-refractivity contribution is 6.07. The number of aliphatic hydroxyl groups is 1. The Labute approximate surface area is 188 Å². The molecule has 4 aromatic rings. The number of carbonyl (C=O) groups excluding carboxylic acids is 1. The van der Waals surface area contributed by atoms with Crippen LogP contribution in [0.1, 0.15) is 40.3 Å². The first kappa shape index (κ1) is 22.3. The summed E-state index contributed by atoms with van der Waals surface area (Å²) in [7, 11) is 1.81. The number of aliphatic hydroxyl groups excluding tert-OH is 1. The van der Waals surface area contributed by atoms with Crippen LogP contribution in [0.3, 0.4) is 0 Å². The van der Waals surface area contributed by atoms with Crippen molar-refractivity contribution in [3.05, 3.63) is 70.9 Å². The third-order valence-electron chi connectivity index (χ3n) is 5.40. The van der Waals surface area contributed by atoms with Gasteiger partial charge in [0.1, 0.15) is 5.82 Å². The van der Waals surface area contributed by atoms with E-state index in [1.165, 1.54) is 24.4 Å². The Morgan fingerprint density at radius 2 is 2.03 bits per heavy atom.